The van der Waals surface area contributed by atoms with Crippen LogP contribution in [0.5, 0.6) is 0 Å². The van der Waals surface area contributed by atoms with Crippen molar-refractivity contribution in [2.45, 2.75) is 45.3 Å². The summed E-state index contributed by atoms with van der Waals surface area (Å²) < 4.78 is 15.3. The lowest BCUT2D eigenvalue weighted by molar-refractivity contribution is -0.127. The number of methoxy groups -OCH3 is 2. The predicted molar refractivity (Wildman–Crippen MR) is 141 cm³/mol. The first kappa shape index (κ1) is 29.8. The van der Waals surface area contributed by atoms with E-state index in [-0.39, 0.29) is 23.4 Å². The van der Waals surface area contributed by atoms with Crippen molar-refractivity contribution in [1.82, 2.24) is 16.2 Å². The molecule has 0 fully saturated rings. The van der Waals surface area contributed by atoms with Crippen LogP contribution in [0.2, 0.25) is 0 Å². The van der Waals surface area contributed by atoms with Gasteiger partial charge in [-0.25, -0.2) is 9.59 Å². The fourth-order valence-corrected chi connectivity index (χ4v) is 3.49. The SMILES string of the molecule is C/N=C(\OC)c1cc(C(=O)NNC(=O)[C@@](C)(Cc2ccccc2)NC(=O)OC(C)(C)C)cc(C(=O)OC)c1. The third kappa shape index (κ3) is 8.32. The van der Waals surface area contributed by atoms with E-state index in [0.29, 0.717) is 5.56 Å². The molecule has 204 valence electrons. The van der Waals surface area contributed by atoms with Crippen LogP contribution in [0, 0.1) is 0 Å². The molecule has 0 saturated heterocycles. The summed E-state index contributed by atoms with van der Waals surface area (Å²) in [4.78, 5) is 55.0. The van der Waals surface area contributed by atoms with Crippen LogP contribution in [0.1, 0.15) is 59.5 Å². The van der Waals surface area contributed by atoms with Crippen LogP contribution in [0.4, 0.5) is 4.79 Å². The Morgan fingerprint density at radius 1 is 0.842 bits per heavy atom. The molecule has 3 amide bonds. The fraction of sp³-hybridized carbons (Fsp3) is 0.370. The highest BCUT2D eigenvalue weighted by Gasteiger charge is 2.37. The number of rotatable bonds is 7. The molecule has 11 nitrogen and oxygen atoms in total. The van der Waals surface area contributed by atoms with E-state index >= 15 is 0 Å². The van der Waals surface area contributed by atoms with Gasteiger partial charge in [0, 0.05) is 24.6 Å². The molecule has 0 saturated carbocycles. The minimum absolute atomic E-state index is 0.0336. The van der Waals surface area contributed by atoms with Gasteiger partial charge in [-0.05, 0) is 51.5 Å². The van der Waals surface area contributed by atoms with E-state index in [4.69, 9.17) is 14.2 Å². The van der Waals surface area contributed by atoms with Gasteiger partial charge < -0.3 is 19.5 Å². The molecule has 1 atom stereocenters. The number of nitrogens with one attached hydrogen (secondary N) is 3. The van der Waals surface area contributed by atoms with Crippen LogP contribution in [-0.4, -0.2) is 62.2 Å². The highest BCUT2D eigenvalue weighted by atomic mass is 16.6. The average molecular weight is 527 g/mol. The van der Waals surface area contributed by atoms with Crippen LogP contribution in [0.15, 0.2) is 53.5 Å². The summed E-state index contributed by atoms with van der Waals surface area (Å²) in [6.07, 6.45) is -0.681. The second-order valence-electron chi connectivity index (χ2n) is 9.55. The van der Waals surface area contributed by atoms with E-state index in [1.807, 2.05) is 30.3 Å². The number of hydrogen-bond acceptors (Lipinski definition) is 8. The van der Waals surface area contributed by atoms with Gasteiger partial charge in [0.05, 0.1) is 19.8 Å². The van der Waals surface area contributed by atoms with Gasteiger partial charge in [-0.1, -0.05) is 30.3 Å². The Hall–Kier alpha value is -4.41. The molecule has 0 aliphatic rings. The van der Waals surface area contributed by atoms with Crippen molar-refractivity contribution in [2.75, 3.05) is 21.3 Å². The van der Waals surface area contributed by atoms with Crippen molar-refractivity contribution < 1.29 is 33.4 Å². The van der Waals surface area contributed by atoms with Crippen molar-refractivity contribution in [3.63, 3.8) is 0 Å². The fourth-order valence-electron chi connectivity index (χ4n) is 3.49. The number of benzene rings is 2. The Morgan fingerprint density at radius 2 is 1.45 bits per heavy atom. The number of esters is 1. The van der Waals surface area contributed by atoms with Gasteiger partial charge in [-0.15, -0.1) is 0 Å². The van der Waals surface area contributed by atoms with E-state index in [2.05, 4.69) is 21.2 Å². The van der Waals surface area contributed by atoms with Gasteiger partial charge in [0.1, 0.15) is 11.1 Å². The number of carbonyl (C=O) groups is 4. The Balaban J connectivity index is 2.30. The maximum absolute atomic E-state index is 13.3. The number of hydrogen-bond donors (Lipinski definition) is 3. The van der Waals surface area contributed by atoms with Crippen molar-refractivity contribution in [3.8, 4) is 0 Å². The highest BCUT2D eigenvalue weighted by molar-refractivity contribution is 6.04. The third-order valence-electron chi connectivity index (χ3n) is 5.23. The average Bonchev–Trinajstić information content (AvgIpc) is 2.86. The number of aliphatic imine (C=N–C) groups is 1. The molecule has 38 heavy (non-hydrogen) atoms. The molecule has 0 aliphatic carbocycles. The van der Waals surface area contributed by atoms with E-state index in [1.54, 1.807) is 20.8 Å². The maximum Gasteiger partial charge on any atom is 0.408 e. The van der Waals surface area contributed by atoms with Crippen molar-refractivity contribution in [2.24, 2.45) is 4.99 Å². The molecule has 2 rings (SSSR count). The Labute approximate surface area is 221 Å². The van der Waals surface area contributed by atoms with E-state index in [1.165, 1.54) is 46.4 Å². The molecule has 0 spiro atoms. The number of amides is 3. The summed E-state index contributed by atoms with van der Waals surface area (Å²) in [6, 6.07) is 13.3. The molecule has 2 aromatic rings. The zero-order chi connectivity index (χ0) is 28.5. The van der Waals surface area contributed by atoms with E-state index in [9.17, 15) is 19.2 Å². The van der Waals surface area contributed by atoms with E-state index in [0.717, 1.165) is 5.56 Å². The first-order valence-electron chi connectivity index (χ1n) is 11.7. The Bertz CT molecular complexity index is 1210. The van der Waals surface area contributed by atoms with Crippen molar-refractivity contribution >= 4 is 29.8 Å². The zero-order valence-electron chi connectivity index (χ0n) is 22.6. The first-order valence-corrected chi connectivity index (χ1v) is 11.7. The van der Waals surface area contributed by atoms with Gasteiger partial charge in [-0.2, -0.15) is 0 Å². The molecule has 0 heterocycles. The number of nitrogens with zero attached hydrogens (tertiary/aromatic N) is 1. The van der Waals surface area contributed by atoms with Crippen LogP contribution in [0.25, 0.3) is 0 Å². The maximum atomic E-state index is 13.3. The lowest BCUT2D eigenvalue weighted by atomic mass is 9.92. The Morgan fingerprint density at radius 3 is 2.00 bits per heavy atom. The second-order valence-corrected chi connectivity index (χ2v) is 9.55. The summed E-state index contributed by atoms with van der Waals surface area (Å²) in [5.41, 5.74) is 3.67. The smallest absolute Gasteiger partial charge is 0.408 e. The predicted octanol–water partition coefficient (Wildman–Crippen LogP) is 2.78. The quantitative estimate of drug-likeness (QED) is 0.218. The summed E-state index contributed by atoms with van der Waals surface area (Å²) in [5.74, 6) is -1.91. The van der Waals surface area contributed by atoms with E-state index < -0.39 is 35.0 Å². The van der Waals surface area contributed by atoms with Crippen molar-refractivity contribution in [3.05, 3.63) is 70.8 Å². The van der Waals surface area contributed by atoms with Gasteiger partial charge in [0.2, 0.25) is 5.90 Å². The summed E-state index contributed by atoms with van der Waals surface area (Å²) in [7, 11) is 4.11. The molecule has 2 aromatic carbocycles. The van der Waals surface area contributed by atoms with Crippen LogP contribution >= 0.6 is 0 Å². The lowest BCUT2D eigenvalue weighted by Crippen LogP contribution is -2.61. The first-order chi connectivity index (χ1) is 17.8. The summed E-state index contributed by atoms with van der Waals surface area (Å²) in [5, 5.41) is 2.61. The highest BCUT2D eigenvalue weighted by Crippen LogP contribution is 2.17. The van der Waals surface area contributed by atoms with Gasteiger partial charge in [0.15, 0.2) is 0 Å². The number of hydrazine groups is 1. The standard InChI is InChI=1S/C27H34N4O7/c1-26(2,3)38-25(35)29-27(4,16-17-11-9-8-10-12-17)24(34)31-30-21(32)18-13-19(22(28-5)36-6)15-20(14-18)23(33)37-7/h8-15H,16H2,1-7H3,(H,29,35)(H,30,32)(H,31,34)/b28-22-/t27-/m1/s1. The van der Waals surface area contributed by atoms with Gasteiger partial charge in [0.25, 0.3) is 11.8 Å². The monoisotopic (exact) mass is 526 g/mol. The van der Waals surface area contributed by atoms with Crippen LogP contribution in [0.3, 0.4) is 0 Å². The third-order valence-corrected chi connectivity index (χ3v) is 5.23. The molecular weight excluding hydrogens is 492 g/mol. The normalized spacial score (nSPS) is 13.0. The largest absolute Gasteiger partial charge is 0.481 e. The molecule has 0 aromatic heterocycles. The van der Waals surface area contributed by atoms with Crippen molar-refractivity contribution in [1.29, 1.82) is 0 Å². The second kappa shape index (κ2) is 12.7. The minimum Gasteiger partial charge on any atom is -0.481 e. The molecule has 0 unspecified atom stereocenters. The summed E-state index contributed by atoms with van der Waals surface area (Å²) in [6.45, 7) is 6.63. The van der Waals surface area contributed by atoms with Crippen LogP contribution in [-0.2, 0) is 25.4 Å². The van der Waals surface area contributed by atoms with Crippen LogP contribution < -0.4 is 16.2 Å². The molecule has 3 N–H and O–H groups in total. The lowest BCUT2D eigenvalue weighted by Gasteiger charge is -2.31. The van der Waals surface area contributed by atoms with Gasteiger partial charge in [-0.3, -0.25) is 25.4 Å². The molecular formula is C27H34N4O7. The van der Waals surface area contributed by atoms with Gasteiger partial charge >= 0.3 is 12.1 Å². The molecule has 0 aliphatic heterocycles. The molecule has 0 radical (unpaired) electrons. The number of ether oxygens (including phenoxy) is 3. The molecule has 11 heteroatoms. The number of carbonyl (C=O) groups excluding carboxylic acids is 4. The molecule has 0 bridgehead atoms. The zero-order valence-corrected chi connectivity index (χ0v) is 22.6. The Kier molecular flexibility index (Phi) is 9.97. The summed E-state index contributed by atoms with van der Waals surface area (Å²) >= 11 is 0. The topological polar surface area (TPSA) is 144 Å². The minimum atomic E-state index is -1.49. The number of alkyl carbamates (subject to hydrolysis) is 1.